The smallest absolute Gasteiger partial charge is 0.334 e. The second-order valence-corrected chi connectivity index (χ2v) is 6.25. The average molecular weight is 345 g/mol. The maximum atomic E-state index is 12.2. The molecular weight excluding hydrogens is 330 g/mol. The lowest BCUT2D eigenvalue weighted by atomic mass is 9.83. The summed E-state index contributed by atoms with van der Waals surface area (Å²) < 4.78 is 5.57. The van der Waals surface area contributed by atoms with E-state index in [4.69, 9.17) is 4.74 Å². The van der Waals surface area contributed by atoms with E-state index in [0.29, 0.717) is 11.1 Å². The molecule has 0 aromatic heterocycles. The van der Waals surface area contributed by atoms with E-state index in [1.54, 1.807) is 12.1 Å². The van der Waals surface area contributed by atoms with Crippen LogP contribution in [0, 0.1) is 10.1 Å². The minimum atomic E-state index is -0.554. The van der Waals surface area contributed by atoms with Crippen molar-refractivity contribution in [2.45, 2.75) is 12.0 Å². The van der Waals surface area contributed by atoms with Gasteiger partial charge in [-0.3, -0.25) is 10.1 Å². The van der Waals surface area contributed by atoms with E-state index in [0.717, 1.165) is 16.3 Å². The lowest BCUT2D eigenvalue weighted by Crippen LogP contribution is -2.08. The van der Waals surface area contributed by atoms with Gasteiger partial charge >= 0.3 is 5.97 Å². The normalized spacial score (nSPS) is 19.5. The monoisotopic (exact) mass is 345 g/mol. The number of rotatable bonds is 3. The molecule has 0 unspecified atom stereocenters. The second kappa shape index (κ2) is 6.11. The number of carbonyl (C=O) groups excluding carboxylic acids is 1. The van der Waals surface area contributed by atoms with Crippen molar-refractivity contribution in [2.75, 3.05) is 0 Å². The number of benzene rings is 3. The summed E-state index contributed by atoms with van der Waals surface area (Å²) in [7, 11) is 0. The molecule has 0 amide bonds. The standard InChI is InChI=1S/C21H15NO4/c1-13-19(18-8-4-6-14-5-2-3-7-17(14)18)20(26-21(13)23)15-9-11-16(12-10-15)22(24)25/h2-12,19-20H,1H2/t19-,20-/m1/s1. The highest BCUT2D eigenvalue weighted by atomic mass is 16.6. The molecule has 0 bridgehead atoms. The molecule has 1 fully saturated rings. The number of nitrogens with zero attached hydrogens (tertiary/aromatic N) is 1. The number of non-ortho nitro benzene ring substituents is 1. The van der Waals surface area contributed by atoms with Crippen LogP contribution in [0.15, 0.2) is 78.9 Å². The fourth-order valence-electron chi connectivity index (χ4n) is 3.49. The largest absolute Gasteiger partial charge is 0.453 e. The van der Waals surface area contributed by atoms with Crippen LogP contribution in [0.1, 0.15) is 23.1 Å². The highest BCUT2D eigenvalue weighted by Gasteiger charge is 2.41. The zero-order valence-corrected chi connectivity index (χ0v) is 13.8. The SMILES string of the molecule is C=C1C(=O)O[C@H](c2ccc([N+](=O)[O-])cc2)[C@H]1c1cccc2ccccc12. The number of esters is 1. The number of nitro groups is 1. The zero-order chi connectivity index (χ0) is 18.3. The summed E-state index contributed by atoms with van der Waals surface area (Å²) in [4.78, 5) is 22.6. The summed E-state index contributed by atoms with van der Waals surface area (Å²) in [6, 6.07) is 20.0. The molecule has 0 spiro atoms. The van der Waals surface area contributed by atoms with Crippen LogP contribution in [0.3, 0.4) is 0 Å². The van der Waals surface area contributed by atoms with Crippen molar-refractivity contribution in [1.82, 2.24) is 0 Å². The Bertz CT molecular complexity index is 1030. The van der Waals surface area contributed by atoms with Gasteiger partial charge in [0.15, 0.2) is 0 Å². The molecule has 5 nitrogen and oxygen atoms in total. The van der Waals surface area contributed by atoms with Gasteiger partial charge in [0.05, 0.1) is 10.8 Å². The van der Waals surface area contributed by atoms with E-state index in [1.165, 1.54) is 12.1 Å². The number of ether oxygens (including phenoxy) is 1. The van der Waals surface area contributed by atoms with Gasteiger partial charge in [0.1, 0.15) is 6.10 Å². The van der Waals surface area contributed by atoms with Crippen molar-refractivity contribution in [2.24, 2.45) is 0 Å². The summed E-state index contributed by atoms with van der Waals surface area (Å²) in [6.07, 6.45) is -0.554. The number of nitro benzene ring substituents is 1. The van der Waals surface area contributed by atoms with Crippen LogP contribution in [0.2, 0.25) is 0 Å². The molecule has 128 valence electrons. The third-order valence-corrected chi connectivity index (χ3v) is 4.77. The van der Waals surface area contributed by atoms with Crippen LogP contribution in [0.25, 0.3) is 10.8 Å². The van der Waals surface area contributed by atoms with Crippen LogP contribution in [0.4, 0.5) is 5.69 Å². The molecular formula is C21H15NO4. The molecule has 0 N–H and O–H groups in total. The Morgan fingerprint density at radius 2 is 1.65 bits per heavy atom. The van der Waals surface area contributed by atoms with Crippen molar-refractivity contribution >= 4 is 22.4 Å². The van der Waals surface area contributed by atoms with Gasteiger partial charge in [-0.1, -0.05) is 49.0 Å². The molecule has 0 aliphatic carbocycles. The number of hydrogen-bond acceptors (Lipinski definition) is 4. The molecule has 26 heavy (non-hydrogen) atoms. The molecule has 4 rings (SSSR count). The Balaban J connectivity index is 1.83. The van der Waals surface area contributed by atoms with E-state index in [1.807, 2.05) is 42.5 Å². The van der Waals surface area contributed by atoms with Crippen molar-refractivity contribution in [3.63, 3.8) is 0 Å². The zero-order valence-electron chi connectivity index (χ0n) is 13.8. The van der Waals surface area contributed by atoms with Crippen molar-refractivity contribution in [3.8, 4) is 0 Å². The van der Waals surface area contributed by atoms with Crippen LogP contribution in [-0.4, -0.2) is 10.9 Å². The lowest BCUT2D eigenvalue weighted by molar-refractivity contribution is -0.384. The van der Waals surface area contributed by atoms with E-state index in [9.17, 15) is 14.9 Å². The first-order chi connectivity index (χ1) is 12.6. The highest BCUT2D eigenvalue weighted by molar-refractivity contribution is 5.95. The fourth-order valence-corrected chi connectivity index (χ4v) is 3.49. The van der Waals surface area contributed by atoms with Gasteiger partial charge in [-0.15, -0.1) is 0 Å². The van der Waals surface area contributed by atoms with Gasteiger partial charge in [-0.2, -0.15) is 0 Å². The van der Waals surface area contributed by atoms with E-state index in [-0.39, 0.29) is 11.6 Å². The number of carbonyl (C=O) groups is 1. The first-order valence-electron chi connectivity index (χ1n) is 8.18. The van der Waals surface area contributed by atoms with Gasteiger partial charge in [0, 0.05) is 17.7 Å². The van der Waals surface area contributed by atoms with Crippen LogP contribution >= 0.6 is 0 Å². The third-order valence-electron chi connectivity index (χ3n) is 4.77. The Morgan fingerprint density at radius 1 is 0.962 bits per heavy atom. The predicted octanol–water partition coefficient (Wildman–Crippen LogP) is 4.69. The summed E-state index contributed by atoms with van der Waals surface area (Å²) in [5.74, 6) is -0.777. The highest BCUT2D eigenvalue weighted by Crippen LogP contribution is 2.47. The van der Waals surface area contributed by atoms with E-state index >= 15 is 0 Å². The van der Waals surface area contributed by atoms with Crippen molar-refractivity contribution in [1.29, 1.82) is 0 Å². The molecule has 1 aliphatic heterocycles. The second-order valence-electron chi connectivity index (χ2n) is 6.25. The van der Waals surface area contributed by atoms with Crippen LogP contribution < -0.4 is 0 Å². The molecule has 2 atom stereocenters. The lowest BCUT2D eigenvalue weighted by Gasteiger charge is -2.20. The van der Waals surface area contributed by atoms with Crippen molar-refractivity contribution in [3.05, 3.63) is 100 Å². The maximum Gasteiger partial charge on any atom is 0.334 e. The summed E-state index contributed by atoms with van der Waals surface area (Å²) in [6.45, 7) is 3.94. The molecule has 0 radical (unpaired) electrons. The van der Waals surface area contributed by atoms with Gasteiger partial charge < -0.3 is 4.74 Å². The van der Waals surface area contributed by atoms with Gasteiger partial charge in [0.25, 0.3) is 5.69 Å². The third kappa shape index (κ3) is 2.54. The average Bonchev–Trinajstić information content (AvgIpc) is 2.96. The van der Waals surface area contributed by atoms with Crippen LogP contribution in [0.5, 0.6) is 0 Å². The summed E-state index contributed by atoms with van der Waals surface area (Å²) >= 11 is 0. The molecule has 3 aromatic rings. The fraction of sp³-hybridized carbons (Fsp3) is 0.0952. The first-order valence-corrected chi connectivity index (χ1v) is 8.18. The summed E-state index contributed by atoms with van der Waals surface area (Å²) in [5.41, 5.74) is 2.06. The minimum absolute atomic E-state index is 0.00129. The quantitative estimate of drug-likeness (QED) is 0.299. The molecule has 1 saturated heterocycles. The van der Waals surface area contributed by atoms with E-state index in [2.05, 4.69) is 6.58 Å². The molecule has 3 aromatic carbocycles. The van der Waals surface area contributed by atoms with Gasteiger partial charge in [-0.25, -0.2) is 4.79 Å². The first kappa shape index (κ1) is 16.0. The molecule has 5 heteroatoms. The topological polar surface area (TPSA) is 69.4 Å². The van der Waals surface area contributed by atoms with E-state index < -0.39 is 17.0 Å². The molecule has 0 saturated carbocycles. The van der Waals surface area contributed by atoms with Crippen LogP contribution in [-0.2, 0) is 9.53 Å². The Morgan fingerprint density at radius 3 is 2.38 bits per heavy atom. The number of cyclic esters (lactones) is 1. The van der Waals surface area contributed by atoms with Gasteiger partial charge in [0.2, 0.25) is 0 Å². The Kier molecular flexibility index (Phi) is 3.77. The molecule has 1 aliphatic rings. The number of hydrogen-bond donors (Lipinski definition) is 0. The van der Waals surface area contributed by atoms with Crippen molar-refractivity contribution < 1.29 is 14.5 Å². The maximum absolute atomic E-state index is 12.2. The predicted molar refractivity (Wildman–Crippen MR) is 97.8 cm³/mol. The van der Waals surface area contributed by atoms with Gasteiger partial charge in [-0.05, 0) is 34.0 Å². The number of fused-ring (bicyclic) bond motifs is 1. The Hall–Kier alpha value is -3.47. The Labute approximate surface area is 149 Å². The molecule has 1 heterocycles. The minimum Gasteiger partial charge on any atom is -0.453 e. The summed E-state index contributed by atoms with van der Waals surface area (Å²) in [5, 5.41) is 13.0.